The molecule has 1 aromatic carbocycles. The van der Waals surface area contributed by atoms with Gasteiger partial charge < -0.3 is 19.1 Å². The molecule has 9 heteroatoms. The SMILES string of the molecule is COc1cc(C=NN2C(=O)[C@@H]3[C@H](C2=O)[C@H]2C=C[C@H]3C2)ccc1OCC(=O)N1CCOCC1. The minimum absolute atomic E-state index is 0.0975. The van der Waals surface area contributed by atoms with Gasteiger partial charge in [0.25, 0.3) is 17.7 Å². The van der Waals surface area contributed by atoms with Gasteiger partial charge in [0.1, 0.15) is 0 Å². The number of carbonyl (C=O) groups is 3. The van der Waals surface area contributed by atoms with Gasteiger partial charge in [-0.15, -0.1) is 0 Å². The third-order valence-electron chi connectivity index (χ3n) is 6.67. The highest BCUT2D eigenvalue weighted by atomic mass is 16.5. The van der Waals surface area contributed by atoms with Crippen molar-refractivity contribution in [2.45, 2.75) is 6.42 Å². The Morgan fingerprint density at radius 3 is 2.47 bits per heavy atom. The maximum absolute atomic E-state index is 12.7. The second kappa shape index (κ2) is 8.38. The lowest BCUT2D eigenvalue weighted by Crippen LogP contribution is -2.43. The van der Waals surface area contributed by atoms with Crippen LogP contribution in [-0.2, 0) is 19.1 Å². The van der Waals surface area contributed by atoms with Gasteiger partial charge >= 0.3 is 0 Å². The van der Waals surface area contributed by atoms with Gasteiger partial charge in [-0.1, -0.05) is 12.2 Å². The molecule has 0 spiro atoms. The number of hydrazone groups is 1. The third-order valence-corrected chi connectivity index (χ3v) is 6.67. The zero-order valence-corrected chi connectivity index (χ0v) is 17.8. The summed E-state index contributed by atoms with van der Waals surface area (Å²) in [7, 11) is 1.50. The van der Waals surface area contributed by atoms with E-state index in [0.29, 0.717) is 43.4 Å². The van der Waals surface area contributed by atoms with Gasteiger partial charge in [0.2, 0.25) is 0 Å². The van der Waals surface area contributed by atoms with E-state index in [4.69, 9.17) is 14.2 Å². The largest absolute Gasteiger partial charge is 0.493 e. The van der Waals surface area contributed by atoms with Crippen molar-refractivity contribution in [1.29, 1.82) is 0 Å². The van der Waals surface area contributed by atoms with Crippen molar-refractivity contribution in [2.75, 3.05) is 40.0 Å². The van der Waals surface area contributed by atoms with Gasteiger partial charge in [-0.3, -0.25) is 14.4 Å². The molecule has 2 aliphatic heterocycles. The lowest BCUT2D eigenvalue weighted by atomic mass is 9.85. The number of carbonyl (C=O) groups excluding carboxylic acids is 3. The van der Waals surface area contributed by atoms with Crippen molar-refractivity contribution in [2.24, 2.45) is 28.8 Å². The molecule has 5 rings (SSSR count). The third kappa shape index (κ3) is 3.56. The molecular formula is C23H25N3O6. The van der Waals surface area contributed by atoms with Crippen molar-refractivity contribution in [3.8, 4) is 11.5 Å². The number of allylic oxidation sites excluding steroid dienone is 2. The second-order valence-electron chi connectivity index (χ2n) is 8.42. The van der Waals surface area contributed by atoms with Crippen molar-refractivity contribution in [3.05, 3.63) is 35.9 Å². The molecule has 9 nitrogen and oxygen atoms in total. The van der Waals surface area contributed by atoms with Gasteiger partial charge in [-0.25, -0.2) is 0 Å². The average Bonchev–Trinajstić information content (AvgIpc) is 3.51. The zero-order chi connectivity index (χ0) is 22.2. The molecule has 3 fully saturated rings. The van der Waals surface area contributed by atoms with E-state index in [9.17, 15) is 14.4 Å². The van der Waals surface area contributed by atoms with Gasteiger partial charge in [0.15, 0.2) is 18.1 Å². The normalized spacial score (nSPS) is 28.7. The van der Waals surface area contributed by atoms with Gasteiger partial charge in [-0.2, -0.15) is 10.1 Å². The molecule has 4 atom stereocenters. The molecule has 0 radical (unpaired) electrons. The van der Waals surface area contributed by atoms with Gasteiger partial charge in [0, 0.05) is 13.1 Å². The summed E-state index contributed by atoms with van der Waals surface area (Å²) < 4.78 is 16.3. The first-order chi connectivity index (χ1) is 15.6. The predicted octanol–water partition coefficient (Wildman–Crippen LogP) is 1.07. The molecule has 0 aromatic heterocycles. The van der Waals surface area contributed by atoms with Crippen molar-refractivity contribution < 1.29 is 28.6 Å². The number of amides is 3. The van der Waals surface area contributed by atoms with E-state index < -0.39 is 0 Å². The first-order valence-electron chi connectivity index (χ1n) is 10.8. The minimum atomic E-state index is -0.274. The molecule has 2 aliphatic carbocycles. The van der Waals surface area contributed by atoms with E-state index in [0.717, 1.165) is 11.4 Å². The van der Waals surface area contributed by atoms with Crippen LogP contribution < -0.4 is 9.47 Å². The molecule has 1 aromatic rings. The smallest absolute Gasteiger partial charge is 0.260 e. The fourth-order valence-corrected chi connectivity index (χ4v) is 5.05. The molecular weight excluding hydrogens is 414 g/mol. The fraction of sp³-hybridized carbons (Fsp3) is 0.478. The van der Waals surface area contributed by atoms with E-state index in [1.807, 2.05) is 0 Å². The number of benzene rings is 1. The van der Waals surface area contributed by atoms with Gasteiger partial charge in [-0.05, 0) is 42.0 Å². The van der Waals surface area contributed by atoms with Crippen LogP contribution in [0.25, 0.3) is 0 Å². The summed E-state index contributed by atoms with van der Waals surface area (Å²) in [5.41, 5.74) is 0.646. The number of methoxy groups -OCH3 is 1. The van der Waals surface area contributed by atoms with Crippen LogP contribution >= 0.6 is 0 Å². The van der Waals surface area contributed by atoms with Crippen LogP contribution in [0.2, 0.25) is 0 Å². The second-order valence-corrected chi connectivity index (χ2v) is 8.42. The number of rotatable bonds is 6. The van der Waals surface area contributed by atoms with E-state index >= 15 is 0 Å². The number of hydrogen-bond donors (Lipinski definition) is 0. The molecule has 3 amide bonds. The molecule has 4 aliphatic rings. The number of nitrogens with zero attached hydrogens (tertiary/aromatic N) is 3. The summed E-state index contributed by atoms with van der Waals surface area (Å²) in [5.74, 6) is 0.0626. The summed E-state index contributed by atoms with van der Waals surface area (Å²) in [6, 6.07) is 5.10. The molecule has 0 N–H and O–H groups in total. The highest BCUT2D eigenvalue weighted by Crippen LogP contribution is 2.52. The molecule has 2 saturated heterocycles. The predicted molar refractivity (Wildman–Crippen MR) is 113 cm³/mol. The number of hydrogen-bond acceptors (Lipinski definition) is 7. The minimum Gasteiger partial charge on any atom is -0.493 e. The fourth-order valence-electron chi connectivity index (χ4n) is 5.05. The van der Waals surface area contributed by atoms with Crippen LogP contribution in [0.15, 0.2) is 35.5 Å². The number of fused-ring (bicyclic) bond motifs is 5. The van der Waals surface area contributed by atoms with Crippen LogP contribution in [0.1, 0.15) is 12.0 Å². The monoisotopic (exact) mass is 439 g/mol. The van der Waals surface area contributed by atoms with E-state index in [1.54, 1.807) is 23.1 Å². The van der Waals surface area contributed by atoms with Crippen LogP contribution in [0.4, 0.5) is 0 Å². The Hall–Kier alpha value is -3.20. The Kier molecular flexibility index (Phi) is 5.42. The Bertz CT molecular complexity index is 969. The topological polar surface area (TPSA) is 97.7 Å². The van der Waals surface area contributed by atoms with Crippen molar-refractivity contribution in [1.82, 2.24) is 9.91 Å². The summed E-state index contributed by atoms with van der Waals surface area (Å²) in [6.07, 6.45) is 6.46. The first kappa shape index (κ1) is 20.7. The highest BCUT2D eigenvalue weighted by molar-refractivity contribution is 6.06. The molecule has 2 heterocycles. The number of imide groups is 1. The van der Waals surface area contributed by atoms with E-state index in [2.05, 4.69) is 17.3 Å². The summed E-state index contributed by atoms with van der Waals surface area (Å²) in [4.78, 5) is 39.5. The van der Waals surface area contributed by atoms with Crippen molar-refractivity contribution in [3.63, 3.8) is 0 Å². The Labute approximate surface area is 185 Å². The Balaban J connectivity index is 1.24. The Morgan fingerprint density at radius 1 is 1.12 bits per heavy atom. The number of morpholine rings is 1. The maximum Gasteiger partial charge on any atom is 0.260 e. The summed E-state index contributed by atoms with van der Waals surface area (Å²) in [6.45, 7) is 2.08. The standard InChI is InChI=1S/C23H25N3O6/c1-30-18-10-14(2-5-17(18)32-13-19(27)25-6-8-31-9-7-25)12-24-26-22(28)20-15-3-4-16(11-15)21(20)23(26)29/h2-5,10,12,15-16,20-21H,6-9,11,13H2,1H3/t15-,16-,20-,21+/m0/s1. The van der Waals surface area contributed by atoms with E-state index in [-0.39, 0.29) is 48.0 Å². The summed E-state index contributed by atoms with van der Waals surface area (Å²) in [5, 5.41) is 5.20. The average molecular weight is 439 g/mol. The molecule has 1 saturated carbocycles. The van der Waals surface area contributed by atoms with Crippen LogP contribution in [0, 0.1) is 23.7 Å². The van der Waals surface area contributed by atoms with Crippen LogP contribution in [0.3, 0.4) is 0 Å². The number of ether oxygens (including phenoxy) is 3. The Morgan fingerprint density at radius 2 is 1.81 bits per heavy atom. The van der Waals surface area contributed by atoms with E-state index in [1.165, 1.54) is 13.3 Å². The lowest BCUT2D eigenvalue weighted by Gasteiger charge is -2.26. The zero-order valence-electron chi connectivity index (χ0n) is 17.8. The highest BCUT2D eigenvalue weighted by Gasteiger charge is 2.59. The molecule has 2 bridgehead atoms. The first-order valence-corrected chi connectivity index (χ1v) is 10.8. The van der Waals surface area contributed by atoms with Crippen LogP contribution in [0.5, 0.6) is 11.5 Å². The molecule has 0 unspecified atom stereocenters. The maximum atomic E-state index is 12.7. The molecule has 168 valence electrons. The van der Waals surface area contributed by atoms with Gasteiger partial charge in [0.05, 0.1) is 38.4 Å². The van der Waals surface area contributed by atoms with Crippen molar-refractivity contribution >= 4 is 23.9 Å². The lowest BCUT2D eigenvalue weighted by molar-refractivity contribution is -0.140. The quantitative estimate of drug-likeness (QED) is 0.374. The molecule has 32 heavy (non-hydrogen) atoms. The summed E-state index contributed by atoms with van der Waals surface area (Å²) >= 11 is 0. The van der Waals surface area contributed by atoms with Crippen LogP contribution in [-0.4, -0.2) is 73.9 Å².